The molecule has 1 aromatic carbocycles. The van der Waals surface area contributed by atoms with Crippen molar-refractivity contribution in [3.63, 3.8) is 0 Å². The molecule has 0 radical (unpaired) electrons. The number of nitrogens with one attached hydrogen (secondary N) is 2. The lowest BCUT2D eigenvalue weighted by Gasteiger charge is -2.15. The van der Waals surface area contributed by atoms with E-state index in [9.17, 15) is 0 Å². The summed E-state index contributed by atoms with van der Waals surface area (Å²) in [6.45, 7) is 7.36. The lowest BCUT2D eigenvalue weighted by molar-refractivity contribution is 0.684. The highest BCUT2D eigenvalue weighted by Gasteiger charge is 2.07. The van der Waals surface area contributed by atoms with Gasteiger partial charge < -0.3 is 10.6 Å². The number of rotatable bonds is 8. The maximum Gasteiger partial charge on any atom is 0.191 e. The van der Waals surface area contributed by atoms with Gasteiger partial charge in [-0.15, -0.1) is 11.3 Å². The molecule has 2 heterocycles. The van der Waals surface area contributed by atoms with Crippen LogP contribution in [0.3, 0.4) is 0 Å². The predicted octanol–water partition coefficient (Wildman–Crippen LogP) is 3.25. The first-order valence-electron chi connectivity index (χ1n) is 9.20. The fourth-order valence-electron chi connectivity index (χ4n) is 2.76. The third kappa shape index (κ3) is 5.92. The summed E-state index contributed by atoms with van der Waals surface area (Å²) >= 11 is 1.80. The highest BCUT2D eigenvalue weighted by Crippen LogP contribution is 2.19. The molecule has 142 valence electrons. The predicted molar refractivity (Wildman–Crippen MR) is 111 cm³/mol. The third-order valence-corrected chi connectivity index (χ3v) is 5.27. The summed E-state index contributed by atoms with van der Waals surface area (Å²) in [5.41, 5.74) is 2.37. The lowest BCUT2D eigenvalue weighted by atomic mass is 10.1. The van der Waals surface area contributed by atoms with Crippen LogP contribution in [0.1, 0.15) is 35.8 Å². The van der Waals surface area contributed by atoms with E-state index in [4.69, 9.17) is 4.99 Å². The van der Waals surface area contributed by atoms with Gasteiger partial charge in [-0.25, -0.2) is 14.7 Å². The molecule has 0 aliphatic heterocycles. The molecule has 2 aromatic heterocycles. The summed E-state index contributed by atoms with van der Waals surface area (Å²) in [6, 6.07) is 12.7. The molecule has 3 aromatic rings. The smallest absolute Gasteiger partial charge is 0.191 e. The zero-order chi connectivity index (χ0) is 18.9. The monoisotopic (exact) mass is 382 g/mol. The summed E-state index contributed by atoms with van der Waals surface area (Å²) in [5, 5.41) is 13.1. The standard InChI is InChI=1S/C20H26N6S/c1-3-22-20(23-11-16(2)19-8-5-9-27-19)24-12-17-6-4-7-18(10-17)13-26-15-21-14-25-26/h4-10,14-16H,3,11-13H2,1-2H3,(H2,22,23,24). The summed E-state index contributed by atoms with van der Waals surface area (Å²) in [5.74, 6) is 1.31. The molecule has 0 saturated heterocycles. The van der Waals surface area contributed by atoms with Crippen molar-refractivity contribution in [3.8, 4) is 0 Å². The molecule has 7 heteroatoms. The Labute approximate surface area is 164 Å². The van der Waals surface area contributed by atoms with Crippen LogP contribution >= 0.6 is 11.3 Å². The van der Waals surface area contributed by atoms with Crippen LogP contribution in [0.5, 0.6) is 0 Å². The molecule has 0 bridgehead atoms. The molecule has 0 fully saturated rings. The molecular formula is C20H26N6S. The Hall–Kier alpha value is -2.67. The molecular weight excluding hydrogens is 356 g/mol. The van der Waals surface area contributed by atoms with Crippen LogP contribution in [0.4, 0.5) is 0 Å². The average molecular weight is 383 g/mol. The fraction of sp³-hybridized carbons (Fsp3) is 0.350. The second-order valence-corrected chi connectivity index (χ2v) is 7.38. The quantitative estimate of drug-likeness (QED) is 0.464. The first-order valence-corrected chi connectivity index (χ1v) is 10.1. The van der Waals surface area contributed by atoms with E-state index in [2.05, 4.69) is 76.3 Å². The van der Waals surface area contributed by atoms with Crippen LogP contribution < -0.4 is 10.6 Å². The Morgan fingerprint density at radius 2 is 2.11 bits per heavy atom. The van der Waals surface area contributed by atoms with Crippen molar-refractivity contribution in [1.82, 2.24) is 25.4 Å². The summed E-state index contributed by atoms with van der Waals surface area (Å²) < 4.78 is 1.82. The number of thiophene rings is 1. The van der Waals surface area contributed by atoms with Gasteiger partial charge in [-0.1, -0.05) is 37.3 Å². The van der Waals surface area contributed by atoms with Gasteiger partial charge in [0.15, 0.2) is 5.96 Å². The molecule has 1 unspecified atom stereocenters. The van der Waals surface area contributed by atoms with Gasteiger partial charge in [0.1, 0.15) is 12.7 Å². The Bertz CT molecular complexity index is 826. The zero-order valence-corrected chi connectivity index (χ0v) is 16.6. The van der Waals surface area contributed by atoms with Crippen LogP contribution in [0.15, 0.2) is 59.4 Å². The SMILES string of the molecule is CCNC(=NCc1cccc(Cn2cncn2)c1)NCC(C)c1cccs1. The molecule has 0 aliphatic carbocycles. The van der Waals surface area contributed by atoms with E-state index in [-0.39, 0.29) is 0 Å². The number of guanidine groups is 1. The van der Waals surface area contributed by atoms with Gasteiger partial charge in [0, 0.05) is 23.9 Å². The van der Waals surface area contributed by atoms with E-state index in [1.165, 1.54) is 16.0 Å². The van der Waals surface area contributed by atoms with Crippen molar-refractivity contribution in [2.45, 2.75) is 32.9 Å². The summed E-state index contributed by atoms with van der Waals surface area (Å²) in [4.78, 5) is 10.1. The number of aromatic nitrogens is 3. The van der Waals surface area contributed by atoms with E-state index in [1.54, 1.807) is 24.0 Å². The Balaban J connectivity index is 1.59. The lowest BCUT2D eigenvalue weighted by Crippen LogP contribution is -2.39. The largest absolute Gasteiger partial charge is 0.357 e. The molecule has 0 amide bonds. The minimum atomic E-state index is 0.458. The van der Waals surface area contributed by atoms with Crippen molar-refractivity contribution >= 4 is 17.3 Å². The highest BCUT2D eigenvalue weighted by molar-refractivity contribution is 7.10. The molecule has 3 rings (SSSR count). The second-order valence-electron chi connectivity index (χ2n) is 6.41. The van der Waals surface area contributed by atoms with Crippen molar-refractivity contribution in [1.29, 1.82) is 0 Å². The minimum absolute atomic E-state index is 0.458. The molecule has 2 N–H and O–H groups in total. The van der Waals surface area contributed by atoms with Crippen molar-refractivity contribution in [3.05, 3.63) is 70.4 Å². The molecule has 6 nitrogen and oxygen atoms in total. The van der Waals surface area contributed by atoms with E-state index in [0.717, 1.165) is 19.0 Å². The molecule has 0 saturated carbocycles. The topological polar surface area (TPSA) is 67.1 Å². The van der Waals surface area contributed by atoms with E-state index >= 15 is 0 Å². The first kappa shape index (κ1) is 19.1. The van der Waals surface area contributed by atoms with Crippen molar-refractivity contribution in [2.75, 3.05) is 13.1 Å². The van der Waals surface area contributed by atoms with Crippen LogP contribution in [0.25, 0.3) is 0 Å². The van der Waals surface area contributed by atoms with Gasteiger partial charge in [0.2, 0.25) is 0 Å². The van der Waals surface area contributed by atoms with Gasteiger partial charge in [0.25, 0.3) is 0 Å². The van der Waals surface area contributed by atoms with Gasteiger partial charge in [-0.3, -0.25) is 0 Å². The number of hydrogen-bond acceptors (Lipinski definition) is 4. The van der Waals surface area contributed by atoms with Crippen LogP contribution in [-0.2, 0) is 13.1 Å². The Morgan fingerprint density at radius 3 is 2.85 bits per heavy atom. The van der Waals surface area contributed by atoms with Gasteiger partial charge in [-0.05, 0) is 29.5 Å². The first-order chi connectivity index (χ1) is 13.2. The normalized spacial score (nSPS) is 12.7. The molecule has 1 atom stereocenters. The number of nitrogens with zero attached hydrogens (tertiary/aromatic N) is 4. The minimum Gasteiger partial charge on any atom is -0.357 e. The fourth-order valence-corrected chi connectivity index (χ4v) is 3.55. The second kappa shape index (κ2) is 9.87. The van der Waals surface area contributed by atoms with Crippen LogP contribution in [0.2, 0.25) is 0 Å². The third-order valence-electron chi connectivity index (χ3n) is 4.17. The summed E-state index contributed by atoms with van der Waals surface area (Å²) in [7, 11) is 0. The van der Waals surface area contributed by atoms with Gasteiger partial charge >= 0.3 is 0 Å². The van der Waals surface area contributed by atoms with Gasteiger partial charge in [-0.2, -0.15) is 5.10 Å². The van der Waals surface area contributed by atoms with Gasteiger partial charge in [0.05, 0.1) is 13.1 Å². The maximum atomic E-state index is 4.74. The molecule has 0 spiro atoms. The maximum absolute atomic E-state index is 4.74. The van der Waals surface area contributed by atoms with Crippen LogP contribution in [-0.4, -0.2) is 33.8 Å². The van der Waals surface area contributed by atoms with Crippen molar-refractivity contribution < 1.29 is 0 Å². The van der Waals surface area contributed by atoms with Crippen molar-refractivity contribution in [2.24, 2.45) is 4.99 Å². The number of aliphatic imine (C=N–C) groups is 1. The highest BCUT2D eigenvalue weighted by atomic mass is 32.1. The molecule has 27 heavy (non-hydrogen) atoms. The zero-order valence-electron chi connectivity index (χ0n) is 15.8. The number of benzene rings is 1. The molecule has 0 aliphatic rings. The summed E-state index contributed by atoms with van der Waals surface area (Å²) in [6.07, 6.45) is 3.28. The Kier molecular flexibility index (Phi) is 6.98. The average Bonchev–Trinajstić information content (AvgIpc) is 3.38. The van der Waals surface area contributed by atoms with E-state index in [1.807, 2.05) is 4.68 Å². The number of hydrogen-bond donors (Lipinski definition) is 2. The van der Waals surface area contributed by atoms with E-state index in [0.29, 0.717) is 19.0 Å². The van der Waals surface area contributed by atoms with Crippen LogP contribution in [0, 0.1) is 0 Å². The Morgan fingerprint density at radius 1 is 1.22 bits per heavy atom. The van der Waals surface area contributed by atoms with E-state index < -0.39 is 0 Å².